The number of phenols is 2. The van der Waals surface area contributed by atoms with Crippen LogP contribution in [0.15, 0.2) is 29.8 Å². The maximum absolute atomic E-state index is 14.2. The molecular formula is C35H50O10. The smallest absolute Gasteiger partial charge is 0.160 e. The first kappa shape index (κ1) is 32.9. The Bertz CT molecular complexity index is 1380. The van der Waals surface area contributed by atoms with E-state index in [1.807, 2.05) is 34.6 Å². The maximum Gasteiger partial charge on any atom is 0.160 e. The Kier molecular flexibility index (Phi) is 7.84. The third-order valence-electron chi connectivity index (χ3n) is 13.3. The lowest BCUT2D eigenvalue weighted by atomic mass is 9.43. The molecule has 1 heterocycles. The van der Waals surface area contributed by atoms with E-state index < -0.39 is 70.3 Å². The second-order valence-electron chi connectivity index (χ2n) is 15.7. The average molecular weight is 631 g/mol. The lowest BCUT2D eigenvalue weighted by Gasteiger charge is -2.62. The number of ether oxygens (including phenoxy) is 1. The largest absolute Gasteiger partial charge is 0.504 e. The molecule has 1 aromatic rings. The van der Waals surface area contributed by atoms with E-state index >= 15 is 0 Å². The minimum Gasteiger partial charge on any atom is -0.504 e. The number of phenolic OH excluding ortho intramolecular Hbond substituents is 2. The number of allylic oxidation sites excluding steroid dienone is 1. The highest BCUT2D eigenvalue weighted by Gasteiger charge is 2.76. The molecule has 0 radical (unpaired) electrons. The molecule has 0 amide bonds. The zero-order valence-electron chi connectivity index (χ0n) is 26.8. The summed E-state index contributed by atoms with van der Waals surface area (Å²) in [6.07, 6.45) is -2.30. The van der Waals surface area contributed by atoms with E-state index in [1.54, 1.807) is 6.07 Å². The molecule has 250 valence electrons. The first-order valence-corrected chi connectivity index (χ1v) is 16.5. The van der Waals surface area contributed by atoms with Crippen LogP contribution in [-0.4, -0.2) is 95.0 Å². The normalized spacial score (nSPS) is 47.0. The molecule has 14 unspecified atom stereocenters. The molecular weight excluding hydrogens is 580 g/mol. The van der Waals surface area contributed by atoms with Crippen LogP contribution in [0, 0.1) is 40.4 Å². The number of carbonyl (C=O) groups is 1. The van der Waals surface area contributed by atoms with Crippen LogP contribution in [0.4, 0.5) is 0 Å². The molecule has 4 aliphatic carbocycles. The Labute approximate surface area is 264 Å². The van der Waals surface area contributed by atoms with Gasteiger partial charge in [0, 0.05) is 42.6 Å². The van der Waals surface area contributed by atoms with Crippen molar-refractivity contribution in [3.05, 3.63) is 35.4 Å². The SMILES string of the molecule is CC(C)C(C)C(O)C1OC2CC3(O)C4=CC(=O)C5C(c6ccc(O)c(O)c6)C(O)C(O)CC5(C)C4CCC3(C)C2C1(O)CCO. The number of ketones is 1. The minimum atomic E-state index is -1.61. The highest BCUT2D eigenvalue weighted by Crippen LogP contribution is 2.72. The number of rotatable bonds is 6. The molecule has 5 aliphatic rings. The molecule has 45 heavy (non-hydrogen) atoms. The van der Waals surface area contributed by atoms with Gasteiger partial charge in [-0.05, 0) is 71.8 Å². The van der Waals surface area contributed by atoms with Gasteiger partial charge in [0.1, 0.15) is 11.7 Å². The van der Waals surface area contributed by atoms with Crippen LogP contribution in [0.25, 0.3) is 0 Å². The van der Waals surface area contributed by atoms with Crippen molar-refractivity contribution >= 4 is 5.78 Å². The second-order valence-corrected chi connectivity index (χ2v) is 15.7. The molecule has 3 saturated carbocycles. The van der Waals surface area contributed by atoms with Gasteiger partial charge in [0.05, 0.1) is 30.0 Å². The number of aliphatic hydroxyl groups is 6. The van der Waals surface area contributed by atoms with E-state index in [9.17, 15) is 45.6 Å². The summed E-state index contributed by atoms with van der Waals surface area (Å²) in [5, 5.41) is 89.1. The topological polar surface area (TPSA) is 188 Å². The van der Waals surface area contributed by atoms with E-state index in [1.165, 1.54) is 18.2 Å². The molecule has 6 rings (SSSR count). The third kappa shape index (κ3) is 4.36. The quantitative estimate of drug-likeness (QED) is 0.216. The van der Waals surface area contributed by atoms with Gasteiger partial charge in [0.25, 0.3) is 0 Å². The fraction of sp³-hybridized carbons (Fsp3) is 0.743. The van der Waals surface area contributed by atoms with Gasteiger partial charge in [0.15, 0.2) is 17.3 Å². The van der Waals surface area contributed by atoms with Crippen LogP contribution in [0.1, 0.15) is 78.2 Å². The van der Waals surface area contributed by atoms with Gasteiger partial charge >= 0.3 is 0 Å². The monoisotopic (exact) mass is 630 g/mol. The van der Waals surface area contributed by atoms with Crippen molar-refractivity contribution in [3.63, 3.8) is 0 Å². The van der Waals surface area contributed by atoms with Gasteiger partial charge in [-0.1, -0.05) is 40.7 Å². The summed E-state index contributed by atoms with van der Waals surface area (Å²) in [7, 11) is 0. The van der Waals surface area contributed by atoms with Crippen molar-refractivity contribution in [1.29, 1.82) is 0 Å². The number of aromatic hydroxyl groups is 2. The molecule has 1 saturated heterocycles. The Morgan fingerprint density at radius 1 is 1.04 bits per heavy atom. The van der Waals surface area contributed by atoms with Crippen molar-refractivity contribution in [2.24, 2.45) is 40.4 Å². The molecule has 1 aliphatic heterocycles. The summed E-state index contributed by atoms with van der Waals surface area (Å²) in [6.45, 7) is 9.42. The molecule has 0 aromatic heterocycles. The number of hydrogen-bond acceptors (Lipinski definition) is 10. The Balaban J connectivity index is 1.41. The van der Waals surface area contributed by atoms with Gasteiger partial charge in [-0.25, -0.2) is 0 Å². The van der Waals surface area contributed by atoms with Crippen LogP contribution >= 0.6 is 0 Å². The zero-order valence-corrected chi connectivity index (χ0v) is 26.8. The Morgan fingerprint density at radius 2 is 1.73 bits per heavy atom. The van der Waals surface area contributed by atoms with E-state index in [0.29, 0.717) is 24.0 Å². The first-order valence-electron chi connectivity index (χ1n) is 16.5. The summed E-state index contributed by atoms with van der Waals surface area (Å²) in [5.74, 6) is -3.65. The minimum absolute atomic E-state index is 0.0290. The maximum atomic E-state index is 14.2. The summed E-state index contributed by atoms with van der Waals surface area (Å²) in [5.41, 5.74) is -3.98. The molecule has 4 fully saturated rings. The van der Waals surface area contributed by atoms with E-state index in [4.69, 9.17) is 4.74 Å². The van der Waals surface area contributed by atoms with Crippen molar-refractivity contribution in [2.45, 2.75) is 114 Å². The van der Waals surface area contributed by atoms with E-state index in [2.05, 4.69) is 0 Å². The highest BCUT2D eigenvalue weighted by molar-refractivity contribution is 5.96. The molecule has 0 spiro atoms. The summed E-state index contributed by atoms with van der Waals surface area (Å²) in [4.78, 5) is 14.2. The lowest BCUT2D eigenvalue weighted by Crippen LogP contribution is -2.64. The fourth-order valence-corrected chi connectivity index (χ4v) is 10.7. The van der Waals surface area contributed by atoms with Crippen molar-refractivity contribution in [3.8, 4) is 11.5 Å². The molecule has 1 aromatic carbocycles. The number of benzene rings is 1. The number of hydrogen-bond donors (Lipinski definition) is 8. The van der Waals surface area contributed by atoms with Gasteiger partial charge in [-0.15, -0.1) is 0 Å². The molecule has 10 nitrogen and oxygen atoms in total. The average Bonchev–Trinajstić information content (AvgIpc) is 3.38. The van der Waals surface area contributed by atoms with Gasteiger partial charge in [-0.3, -0.25) is 4.79 Å². The molecule has 8 N–H and O–H groups in total. The standard InChI is InChI=1S/C35H50O10/c1-16(2)17(3)28(41)31-34(43,10-11-36)30-25(45-31)15-35(44)20-13-23(39)27-26(18-6-7-21(37)22(38)12-18)29(42)24(40)14-32(27,4)19(20)8-9-33(30,35)5/h6-7,12-13,16-17,19,24-31,36-38,40-44H,8-11,14-15H2,1-5H3. The predicted octanol–water partition coefficient (Wildman–Crippen LogP) is 2.14. The van der Waals surface area contributed by atoms with Gasteiger partial charge in [0.2, 0.25) is 0 Å². The highest BCUT2D eigenvalue weighted by atomic mass is 16.5. The van der Waals surface area contributed by atoms with E-state index in [0.717, 1.165) is 0 Å². The summed E-state index contributed by atoms with van der Waals surface area (Å²) >= 11 is 0. The number of carbonyl (C=O) groups excluding carboxylic acids is 1. The van der Waals surface area contributed by atoms with Crippen molar-refractivity contribution in [1.82, 2.24) is 0 Å². The van der Waals surface area contributed by atoms with E-state index in [-0.39, 0.29) is 60.9 Å². The van der Waals surface area contributed by atoms with Crippen molar-refractivity contribution < 1.29 is 50.4 Å². The summed E-state index contributed by atoms with van der Waals surface area (Å²) in [6, 6.07) is 4.17. The predicted molar refractivity (Wildman–Crippen MR) is 163 cm³/mol. The van der Waals surface area contributed by atoms with Crippen LogP contribution in [0.3, 0.4) is 0 Å². The van der Waals surface area contributed by atoms with Crippen molar-refractivity contribution in [2.75, 3.05) is 6.61 Å². The van der Waals surface area contributed by atoms with Gasteiger partial charge in [-0.2, -0.15) is 0 Å². The van der Waals surface area contributed by atoms with Gasteiger partial charge < -0.3 is 45.6 Å². The first-order chi connectivity index (χ1) is 21.0. The molecule has 10 heteroatoms. The molecule has 0 bridgehead atoms. The fourth-order valence-electron chi connectivity index (χ4n) is 10.7. The molecule has 14 atom stereocenters. The Hall–Kier alpha value is -2.05. The third-order valence-corrected chi connectivity index (χ3v) is 13.3. The van der Waals surface area contributed by atoms with Crippen LogP contribution < -0.4 is 0 Å². The zero-order chi connectivity index (χ0) is 33.0. The Morgan fingerprint density at radius 3 is 2.36 bits per heavy atom. The number of aliphatic hydroxyl groups excluding tert-OH is 4. The van der Waals surface area contributed by atoms with Crippen LogP contribution in [0.5, 0.6) is 11.5 Å². The van der Waals surface area contributed by atoms with Crippen LogP contribution in [0.2, 0.25) is 0 Å². The lowest BCUT2D eigenvalue weighted by molar-refractivity contribution is -0.185. The summed E-state index contributed by atoms with van der Waals surface area (Å²) < 4.78 is 6.47. The van der Waals surface area contributed by atoms with Crippen LogP contribution in [-0.2, 0) is 9.53 Å². The second kappa shape index (κ2) is 10.7. The number of fused-ring (bicyclic) bond motifs is 7.